The molecule has 0 aliphatic carbocycles. The lowest BCUT2D eigenvalue weighted by atomic mass is 9.92. The van der Waals surface area contributed by atoms with Crippen LogP contribution in [0.5, 0.6) is 0 Å². The Morgan fingerprint density at radius 1 is 0.704 bits per heavy atom. The van der Waals surface area contributed by atoms with E-state index in [0.29, 0.717) is 0 Å². The molecule has 27 heavy (non-hydrogen) atoms. The number of benzene rings is 3. The summed E-state index contributed by atoms with van der Waals surface area (Å²) in [5.41, 5.74) is 6.21. The van der Waals surface area contributed by atoms with Gasteiger partial charge in [-0.05, 0) is 47.3 Å². The van der Waals surface area contributed by atoms with Gasteiger partial charge in [-0.15, -0.1) is 0 Å². The molecule has 0 unspecified atom stereocenters. The molecule has 0 amide bonds. The van der Waals surface area contributed by atoms with Gasteiger partial charge in [0.05, 0.1) is 11.4 Å². The maximum absolute atomic E-state index is 6.23. The summed E-state index contributed by atoms with van der Waals surface area (Å²) in [6, 6.07) is 22.9. The van der Waals surface area contributed by atoms with Crippen molar-refractivity contribution in [2.75, 3.05) is 0 Å². The van der Waals surface area contributed by atoms with Gasteiger partial charge in [-0.1, -0.05) is 80.6 Å². The van der Waals surface area contributed by atoms with Crippen molar-refractivity contribution in [2.45, 2.75) is 27.7 Å². The quantitative estimate of drug-likeness (QED) is 0.345. The number of rotatable bonds is 2. The molecule has 1 aromatic heterocycles. The second-order valence-electron chi connectivity index (χ2n) is 6.14. The predicted octanol–water partition coefficient (Wildman–Crippen LogP) is 7.26. The third-order valence-electron chi connectivity index (χ3n) is 4.52. The van der Waals surface area contributed by atoms with E-state index in [2.05, 4.69) is 65.4 Å². The zero-order valence-electron chi connectivity index (χ0n) is 16.1. The van der Waals surface area contributed by atoms with Crippen molar-refractivity contribution in [1.82, 2.24) is 9.97 Å². The Hall–Kier alpha value is -2.71. The molecule has 0 radical (unpaired) electrons. The molecule has 0 aliphatic heterocycles. The minimum absolute atomic E-state index is 0.276. The van der Waals surface area contributed by atoms with E-state index in [4.69, 9.17) is 11.6 Å². The molecule has 0 spiro atoms. The molecule has 136 valence electrons. The van der Waals surface area contributed by atoms with Crippen LogP contribution in [0.3, 0.4) is 0 Å². The lowest BCUT2D eigenvalue weighted by Gasteiger charge is -2.15. The number of hydrogen-bond donors (Lipinski definition) is 0. The monoisotopic (exact) mass is 374 g/mol. The van der Waals surface area contributed by atoms with Crippen molar-refractivity contribution in [1.29, 1.82) is 0 Å². The van der Waals surface area contributed by atoms with E-state index in [9.17, 15) is 0 Å². The van der Waals surface area contributed by atoms with Gasteiger partial charge in [0.25, 0.3) is 0 Å². The molecule has 0 aliphatic rings. The lowest BCUT2D eigenvalue weighted by molar-refractivity contribution is 1.11. The number of aromatic nitrogens is 2. The molecule has 0 fully saturated rings. The van der Waals surface area contributed by atoms with Gasteiger partial charge in [0, 0.05) is 11.1 Å². The second kappa shape index (κ2) is 8.32. The minimum Gasteiger partial charge on any atom is -0.223 e. The Morgan fingerprint density at radius 2 is 1.33 bits per heavy atom. The molecule has 3 heteroatoms. The fraction of sp³-hybridized carbons (Fsp3) is 0.167. The molecule has 0 saturated carbocycles. The first-order valence-corrected chi connectivity index (χ1v) is 9.61. The summed E-state index contributed by atoms with van der Waals surface area (Å²) in [4.78, 5) is 9.04. The Balaban J connectivity index is 0.00000102. The average molecular weight is 375 g/mol. The van der Waals surface area contributed by atoms with Gasteiger partial charge in [-0.2, -0.15) is 0 Å². The van der Waals surface area contributed by atoms with Crippen molar-refractivity contribution in [3.63, 3.8) is 0 Å². The van der Waals surface area contributed by atoms with Crippen molar-refractivity contribution < 1.29 is 0 Å². The van der Waals surface area contributed by atoms with E-state index >= 15 is 0 Å². The molecule has 4 aromatic rings. The summed E-state index contributed by atoms with van der Waals surface area (Å²) < 4.78 is 0. The summed E-state index contributed by atoms with van der Waals surface area (Å²) in [7, 11) is 0. The van der Waals surface area contributed by atoms with Gasteiger partial charge >= 0.3 is 0 Å². The second-order valence-corrected chi connectivity index (χ2v) is 6.48. The van der Waals surface area contributed by atoms with Crippen LogP contribution in [0.15, 0.2) is 66.7 Å². The first-order valence-electron chi connectivity index (χ1n) is 9.23. The molecule has 0 N–H and O–H groups in total. The Labute approximate surface area is 165 Å². The SMILES string of the molecule is CC.Cc1ccccc1-c1c(C)nc(Cl)nc1-c1cccc2ccccc12. The molecular formula is C24H23ClN2. The fourth-order valence-electron chi connectivity index (χ4n) is 3.34. The number of hydrogen-bond acceptors (Lipinski definition) is 2. The number of fused-ring (bicyclic) bond motifs is 1. The first-order chi connectivity index (χ1) is 13.1. The zero-order chi connectivity index (χ0) is 19.4. The van der Waals surface area contributed by atoms with Crippen LogP contribution in [0.2, 0.25) is 5.28 Å². The average Bonchev–Trinajstić information content (AvgIpc) is 2.69. The van der Waals surface area contributed by atoms with Gasteiger partial charge in [-0.25, -0.2) is 9.97 Å². The lowest BCUT2D eigenvalue weighted by Crippen LogP contribution is -1.99. The summed E-state index contributed by atoms with van der Waals surface area (Å²) in [6.07, 6.45) is 0. The van der Waals surface area contributed by atoms with E-state index in [0.717, 1.165) is 33.5 Å². The standard InChI is InChI=1S/C22H17ClN2.C2H6/c1-14-8-3-5-11-17(14)20-15(2)24-22(23)25-21(20)19-13-7-10-16-9-4-6-12-18(16)19;1-2/h3-13H,1-2H3;1-2H3. The molecule has 3 aromatic carbocycles. The van der Waals surface area contributed by atoms with E-state index < -0.39 is 0 Å². The van der Waals surface area contributed by atoms with Gasteiger partial charge in [0.1, 0.15) is 0 Å². The van der Waals surface area contributed by atoms with E-state index in [1.54, 1.807) is 0 Å². The van der Waals surface area contributed by atoms with Crippen LogP contribution >= 0.6 is 11.6 Å². The maximum atomic E-state index is 6.23. The van der Waals surface area contributed by atoms with Crippen LogP contribution in [0.25, 0.3) is 33.2 Å². The number of halogens is 1. The fourth-order valence-corrected chi connectivity index (χ4v) is 3.55. The zero-order valence-corrected chi connectivity index (χ0v) is 16.9. The topological polar surface area (TPSA) is 25.8 Å². The summed E-state index contributed by atoms with van der Waals surface area (Å²) in [5.74, 6) is 0. The van der Waals surface area contributed by atoms with Crippen molar-refractivity contribution in [2.24, 2.45) is 0 Å². The highest BCUT2D eigenvalue weighted by Gasteiger charge is 2.17. The largest absolute Gasteiger partial charge is 0.223 e. The molecule has 0 atom stereocenters. The van der Waals surface area contributed by atoms with Crippen LogP contribution in [-0.4, -0.2) is 9.97 Å². The van der Waals surface area contributed by atoms with Crippen molar-refractivity contribution >= 4 is 22.4 Å². The third kappa shape index (κ3) is 3.72. The predicted molar refractivity (Wildman–Crippen MR) is 116 cm³/mol. The number of nitrogens with zero attached hydrogens (tertiary/aromatic N) is 2. The minimum atomic E-state index is 0.276. The van der Waals surface area contributed by atoms with Crippen LogP contribution in [0.1, 0.15) is 25.1 Å². The smallest absolute Gasteiger partial charge is 0.223 e. The molecule has 2 nitrogen and oxygen atoms in total. The Kier molecular flexibility index (Phi) is 5.88. The highest BCUT2D eigenvalue weighted by atomic mass is 35.5. The molecular weight excluding hydrogens is 352 g/mol. The molecule has 0 saturated heterocycles. The highest BCUT2D eigenvalue weighted by molar-refractivity contribution is 6.28. The van der Waals surface area contributed by atoms with E-state index in [1.165, 1.54) is 10.9 Å². The molecule has 1 heterocycles. The first kappa shape index (κ1) is 19.1. The Morgan fingerprint density at radius 3 is 2.11 bits per heavy atom. The van der Waals surface area contributed by atoms with Crippen LogP contribution in [0, 0.1) is 13.8 Å². The summed E-state index contributed by atoms with van der Waals surface area (Å²) in [5, 5.41) is 2.62. The van der Waals surface area contributed by atoms with E-state index in [-0.39, 0.29) is 5.28 Å². The van der Waals surface area contributed by atoms with Crippen LogP contribution in [0.4, 0.5) is 0 Å². The van der Waals surface area contributed by atoms with Crippen molar-refractivity contribution in [3.05, 3.63) is 83.3 Å². The van der Waals surface area contributed by atoms with Crippen LogP contribution < -0.4 is 0 Å². The molecule has 4 rings (SSSR count). The van der Waals surface area contributed by atoms with E-state index in [1.807, 2.05) is 39.0 Å². The summed E-state index contributed by atoms with van der Waals surface area (Å²) in [6.45, 7) is 8.10. The number of aryl methyl sites for hydroxylation is 2. The summed E-state index contributed by atoms with van der Waals surface area (Å²) >= 11 is 6.23. The third-order valence-corrected chi connectivity index (χ3v) is 4.69. The molecule has 0 bridgehead atoms. The van der Waals surface area contributed by atoms with Gasteiger partial charge in [0.15, 0.2) is 0 Å². The highest BCUT2D eigenvalue weighted by Crippen LogP contribution is 2.38. The Bertz CT molecular complexity index is 1080. The van der Waals surface area contributed by atoms with Crippen molar-refractivity contribution in [3.8, 4) is 22.4 Å². The van der Waals surface area contributed by atoms with Gasteiger partial charge < -0.3 is 0 Å². The van der Waals surface area contributed by atoms with Gasteiger partial charge in [0.2, 0.25) is 5.28 Å². The maximum Gasteiger partial charge on any atom is 0.223 e. The normalized spacial score (nSPS) is 10.4. The van der Waals surface area contributed by atoms with Gasteiger partial charge in [-0.3, -0.25) is 0 Å². The van der Waals surface area contributed by atoms with Crippen LogP contribution in [-0.2, 0) is 0 Å².